The zero-order valence-corrected chi connectivity index (χ0v) is 17.7. The number of carbonyl (C=O) groups is 2. The lowest BCUT2D eigenvalue weighted by Crippen LogP contribution is -2.36. The summed E-state index contributed by atoms with van der Waals surface area (Å²) in [5.41, 5.74) is 4.81. The zero-order chi connectivity index (χ0) is 21.7. The van der Waals surface area contributed by atoms with Gasteiger partial charge in [0.15, 0.2) is 0 Å². The molecule has 1 aromatic heterocycles. The van der Waals surface area contributed by atoms with E-state index in [0.717, 1.165) is 16.7 Å². The molecule has 0 aliphatic carbocycles. The van der Waals surface area contributed by atoms with Crippen molar-refractivity contribution in [3.8, 4) is 0 Å². The molecule has 1 atom stereocenters. The second-order valence-electron chi connectivity index (χ2n) is 7.38. The largest absolute Gasteiger partial charge is 0.465 e. The molecule has 3 rings (SSSR count). The summed E-state index contributed by atoms with van der Waals surface area (Å²) in [4.78, 5) is 25.8. The number of carbonyl (C=O) groups excluding carboxylic acids is 2. The molecule has 0 radical (unpaired) electrons. The van der Waals surface area contributed by atoms with Gasteiger partial charge in [0.1, 0.15) is 11.5 Å². The third-order valence-electron chi connectivity index (χ3n) is 5.09. The van der Waals surface area contributed by atoms with Crippen LogP contribution in [-0.2, 0) is 4.79 Å². The van der Waals surface area contributed by atoms with Crippen LogP contribution in [0.3, 0.4) is 0 Å². The van der Waals surface area contributed by atoms with Crippen LogP contribution in [0.25, 0.3) is 6.08 Å². The van der Waals surface area contributed by atoms with Gasteiger partial charge in [-0.3, -0.25) is 9.59 Å². The Kier molecular flexibility index (Phi) is 6.52. The van der Waals surface area contributed by atoms with E-state index in [0.29, 0.717) is 11.3 Å². The first kappa shape index (κ1) is 21.1. The van der Waals surface area contributed by atoms with Crippen molar-refractivity contribution in [2.75, 3.05) is 0 Å². The Bertz CT molecular complexity index is 1080. The van der Waals surface area contributed by atoms with E-state index in [4.69, 9.17) is 4.42 Å². The third-order valence-corrected chi connectivity index (χ3v) is 5.09. The van der Waals surface area contributed by atoms with E-state index in [1.54, 1.807) is 24.3 Å². The Morgan fingerprint density at radius 1 is 0.933 bits per heavy atom. The molecule has 30 heavy (non-hydrogen) atoms. The maximum atomic E-state index is 13.0. The Morgan fingerprint density at radius 2 is 1.70 bits per heavy atom. The second-order valence-corrected chi connectivity index (χ2v) is 7.38. The molecule has 0 aliphatic rings. The third kappa shape index (κ3) is 5.06. The number of rotatable bonds is 6. The first-order valence-electron chi connectivity index (χ1n) is 9.85. The van der Waals surface area contributed by atoms with Crippen LogP contribution < -0.4 is 10.6 Å². The molecule has 0 unspecified atom stereocenters. The summed E-state index contributed by atoms with van der Waals surface area (Å²) in [6.45, 7) is 7.86. The van der Waals surface area contributed by atoms with Crippen LogP contribution in [0.1, 0.15) is 51.3 Å². The number of benzene rings is 2. The van der Waals surface area contributed by atoms with Crippen molar-refractivity contribution in [3.05, 3.63) is 100 Å². The molecule has 0 aliphatic heterocycles. The molecular formula is C25H26N2O3. The van der Waals surface area contributed by atoms with Crippen molar-refractivity contribution in [1.82, 2.24) is 10.6 Å². The van der Waals surface area contributed by atoms with Crippen molar-refractivity contribution in [2.45, 2.75) is 33.7 Å². The van der Waals surface area contributed by atoms with E-state index < -0.39 is 0 Å². The van der Waals surface area contributed by atoms with Crippen LogP contribution in [-0.4, -0.2) is 11.8 Å². The number of hydrogen-bond acceptors (Lipinski definition) is 3. The quantitative estimate of drug-likeness (QED) is 0.579. The fourth-order valence-electron chi connectivity index (χ4n) is 3.08. The van der Waals surface area contributed by atoms with E-state index in [9.17, 15) is 9.59 Å². The van der Waals surface area contributed by atoms with Crippen LogP contribution in [0.15, 0.2) is 71.0 Å². The van der Waals surface area contributed by atoms with E-state index in [-0.39, 0.29) is 23.6 Å². The van der Waals surface area contributed by atoms with Gasteiger partial charge in [0.25, 0.3) is 11.8 Å². The molecule has 5 heteroatoms. The molecule has 0 saturated carbocycles. The smallest absolute Gasteiger partial charge is 0.268 e. The van der Waals surface area contributed by atoms with Gasteiger partial charge in [-0.05, 0) is 68.1 Å². The zero-order valence-electron chi connectivity index (χ0n) is 17.7. The summed E-state index contributed by atoms with van der Waals surface area (Å²) in [7, 11) is 0. The Labute approximate surface area is 176 Å². The van der Waals surface area contributed by atoms with Gasteiger partial charge in [-0.2, -0.15) is 0 Å². The number of hydrogen-bond donors (Lipinski definition) is 2. The van der Waals surface area contributed by atoms with Gasteiger partial charge in [0, 0.05) is 11.6 Å². The molecule has 2 N–H and O–H groups in total. The number of furan rings is 1. The summed E-state index contributed by atoms with van der Waals surface area (Å²) >= 11 is 0. The van der Waals surface area contributed by atoms with Crippen molar-refractivity contribution < 1.29 is 14.0 Å². The fraction of sp³-hybridized carbons (Fsp3) is 0.200. The van der Waals surface area contributed by atoms with Gasteiger partial charge in [0.2, 0.25) is 0 Å². The molecule has 154 valence electrons. The Hall–Kier alpha value is -3.60. The second kappa shape index (κ2) is 9.27. The number of amides is 2. The van der Waals surface area contributed by atoms with Crippen molar-refractivity contribution in [2.24, 2.45) is 0 Å². The topological polar surface area (TPSA) is 71.3 Å². The summed E-state index contributed by atoms with van der Waals surface area (Å²) in [5, 5.41) is 5.70. The predicted octanol–water partition coefficient (Wildman–Crippen LogP) is 4.85. The van der Waals surface area contributed by atoms with Crippen LogP contribution in [0.2, 0.25) is 0 Å². The Morgan fingerprint density at radius 3 is 2.37 bits per heavy atom. The number of nitrogens with one attached hydrogen (secondary N) is 2. The van der Waals surface area contributed by atoms with Crippen molar-refractivity contribution >= 4 is 17.9 Å². The van der Waals surface area contributed by atoms with Crippen LogP contribution >= 0.6 is 0 Å². The average molecular weight is 402 g/mol. The average Bonchev–Trinajstić information content (AvgIpc) is 3.22. The molecule has 5 nitrogen and oxygen atoms in total. The minimum absolute atomic E-state index is 0.119. The van der Waals surface area contributed by atoms with Gasteiger partial charge in [0.05, 0.1) is 12.3 Å². The predicted molar refractivity (Wildman–Crippen MR) is 118 cm³/mol. The minimum atomic E-state index is -0.390. The maximum Gasteiger partial charge on any atom is 0.268 e. The van der Waals surface area contributed by atoms with E-state index >= 15 is 0 Å². The molecule has 0 fully saturated rings. The minimum Gasteiger partial charge on any atom is -0.465 e. The normalized spacial score (nSPS) is 12.3. The lowest BCUT2D eigenvalue weighted by atomic mass is 10.0. The van der Waals surface area contributed by atoms with Crippen LogP contribution in [0.4, 0.5) is 0 Å². The van der Waals surface area contributed by atoms with E-state index in [2.05, 4.69) is 16.7 Å². The highest BCUT2D eigenvalue weighted by atomic mass is 16.3. The molecule has 3 aromatic rings. The maximum absolute atomic E-state index is 13.0. The Balaban J connectivity index is 1.83. The van der Waals surface area contributed by atoms with Gasteiger partial charge in [-0.25, -0.2) is 0 Å². The highest BCUT2D eigenvalue weighted by Gasteiger charge is 2.19. The lowest BCUT2D eigenvalue weighted by Gasteiger charge is -2.18. The highest BCUT2D eigenvalue weighted by Crippen LogP contribution is 2.18. The molecule has 0 bridgehead atoms. The molecule has 0 saturated heterocycles. The molecule has 2 amide bonds. The molecular weight excluding hydrogens is 376 g/mol. The van der Waals surface area contributed by atoms with Crippen LogP contribution in [0.5, 0.6) is 0 Å². The van der Waals surface area contributed by atoms with Crippen molar-refractivity contribution in [1.29, 1.82) is 0 Å². The summed E-state index contributed by atoms with van der Waals surface area (Å²) in [5.74, 6) is -0.261. The first-order valence-corrected chi connectivity index (χ1v) is 9.85. The molecule has 1 heterocycles. The first-order chi connectivity index (χ1) is 14.3. The SMILES string of the molecule is Cc1ccc([C@@H](C)NC(=O)/C(=C/c2ccco2)NC(=O)c2ccccc2C)cc1C. The van der Waals surface area contributed by atoms with Crippen LogP contribution in [0, 0.1) is 20.8 Å². The van der Waals surface area contributed by atoms with Gasteiger partial charge < -0.3 is 15.1 Å². The molecule has 2 aromatic carbocycles. The summed E-state index contributed by atoms with van der Waals surface area (Å²) in [6, 6.07) is 16.5. The number of aryl methyl sites for hydroxylation is 3. The fourth-order valence-corrected chi connectivity index (χ4v) is 3.08. The van der Waals surface area contributed by atoms with Gasteiger partial charge in [-0.15, -0.1) is 0 Å². The highest BCUT2D eigenvalue weighted by molar-refractivity contribution is 6.05. The summed E-state index contributed by atoms with van der Waals surface area (Å²) < 4.78 is 5.34. The lowest BCUT2D eigenvalue weighted by molar-refractivity contribution is -0.118. The summed E-state index contributed by atoms with van der Waals surface area (Å²) in [6.07, 6.45) is 3.04. The van der Waals surface area contributed by atoms with Crippen molar-refractivity contribution in [3.63, 3.8) is 0 Å². The molecule has 0 spiro atoms. The standard InChI is InChI=1S/C25H26N2O3/c1-16-11-12-20(14-18(16)3)19(4)26-25(29)23(15-21-9-7-13-30-21)27-24(28)22-10-6-5-8-17(22)2/h5-15,19H,1-4H3,(H,26,29)(H,27,28)/b23-15-/t19-/m1/s1. The van der Waals surface area contributed by atoms with E-state index in [1.165, 1.54) is 17.9 Å². The monoisotopic (exact) mass is 402 g/mol. The van der Waals surface area contributed by atoms with Gasteiger partial charge >= 0.3 is 0 Å². The van der Waals surface area contributed by atoms with Gasteiger partial charge in [-0.1, -0.05) is 36.4 Å². The van der Waals surface area contributed by atoms with E-state index in [1.807, 2.05) is 52.0 Å².